The van der Waals surface area contributed by atoms with Gasteiger partial charge in [0.15, 0.2) is 5.78 Å². The highest BCUT2D eigenvalue weighted by Gasteiger charge is 2.08. The molecule has 0 aliphatic carbocycles. The van der Waals surface area contributed by atoms with Crippen LogP contribution in [0.1, 0.15) is 10.4 Å². The summed E-state index contributed by atoms with van der Waals surface area (Å²) in [5.41, 5.74) is 2.43. The van der Waals surface area contributed by atoms with Gasteiger partial charge < -0.3 is 10.1 Å². The lowest BCUT2D eigenvalue weighted by atomic mass is 10.1. The van der Waals surface area contributed by atoms with E-state index in [9.17, 15) is 9.59 Å². The zero-order valence-corrected chi connectivity index (χ0v) is 10.5. The Bertz CT molecular complexity index is 858. The Hall–Kier alpha value is -2.88. The standard InChI is InChI=1S/C16H11NO3/c18-15(7-8-16(19)20)10-5-6-14-12(9-10)11-3-1-2-4-13(11)17-14/h1-9,17H,(H,19,20). The molecule has 0 spiro atoms. The lowest BCUT2D eigenvalue weighted by Gasteiger charge is -1.97. The fourth-order valence-corrected chi connectivity index (χ4v) is 2.24. The molecule has 0 saturated carbocycles. The molecule has 1 heterocycles. The van der Waals surface area contributed by atoms with Crippen LogP contribution in [0, 0.1) is 0 Å². The molecule has 0 aliphatic rings. The second-order valence-electron chi connectivity index (χ2n) is 4.47. The smallest absolute Gasteiger partial charge is 0.328 e. The van der Waals surface area contributed by atoms with Crippen molar-refractivity contribution in [2.24, 2.45) is 0 Å². The highest BCUT2D eigenvalue weighted by Crippen LogP contribution is 2.26. The third-order valence-electron chi connectivity index (χ3n) is 3.17. The van der Waals surface area contributed by atoms with E-state index in [0.717, 1.165) is 34.0 Å². The maximum atomic E-state index is 11.9. The van der Waals surface area contributed by atoms with Crippen molar-refractivity contribution < 1.29 is 14.7 Å². The van der Waals surface area contributed by atoms with Crippen molar-refractivity contribution in [2.45, 2.75) is 0 Å². The number of hydrogen-bond acceptors (Lipinski definition) is 2. The predicted molar refractivity (Wildman–Crippen MR) is 76.9 cm³/mol. The molecule has 3 rings (SSSR count). The van der Waals surface area contributed by atoms with Crippen molar-refractivity contribution >= 4 is 33.6 Å². The van der Waals surface area contributed by atoms with Gasteiger partial charge in [-0.15, -0.1) is 0 Å². The van der Waals surface area contributed by atoms with Gasteiger partial charge in [-0.25, -0.2) is 4.79 Å². The minimum atomic E-state index is -1.13. The van der Waals surface area contributed by atoms with Gasteiger partial charge in [-0.3, -0.25) is 4.79 Å². The predicted octanol–water partition coefficient (Wildman–Crippen LogP) is 3.14. The second-order valence-corrected chi connectivity index (χ2v) is 4.47. The summed E-state index contributed by atoms with van der Waals surface area (Å²) >= 11 is 0. The number of H-pyrrole nitrogens is 1. The van der Waals surface area contributed by atoms with Gasteiger partial charge in [0.05, 0.1) is 0 Å². The number of carbonyl (C=O) groups excluding carboxylic acids is 1. The molecule has 4 nitrogen and oxygen atoms in total. The number of aromatic nitrogens is 1. The van der Waals surface area contributed by atoms with E-state index in [1.807, 2.05) is 30.3 Å². The van der Waals surface area contributed by atoms with Gasteiger partial charge in [0.2, 0.25) is 0 Å². The molecule has 2 aromatic carbocycles. The number of carboxylic acids is 1. The number of hydrogen-bond donors (Lipinski definition) is 2. The van der Waals surface area contributed by atoms with E-state index in [1.54, 1.807) is 12.1 Å². The number of fused-ring (bicyclic) bond motifs is 3. The Morgan fingerprint density at radius 3 is 2.50 bits per heavy atom. The van der Waals surface area contributed by atoms with E-state index in [0.29, 0.717) is 5.56 Å². The molecule has 0 unspecified atom stereocenters. The van der Waals surface area contributed by atoms with E-state index in [4.69, 9.17) is 5.11 Å². The van der Waals surface area contributed by atoms with Crippen molar-refractivity contribution in [3.63, 3.8) is 0 Å². The van der Waals surface area contributed by atoms with Crippen molar-refractivity contribution in [1.82, 2.24) is 4.98 Å². The first-order valence-corrected chi connectivity index (χ1v) is 6.11. The summed E-state index contributed by atoms with van der Waals surface area (Å²) in [6, 6.07) is 13.1. The summed E-state index contributed by atoms with van der Waals surface area (Å²) in [7, 11) is 0. The quantitative estimate of drug-likeness (QED) is 0.564. The van der Waals surface area contributed by atoms with Gasteiger partial charge in [-0.05, 0) is 30.3 Å². The van der Waals surface area contributed by atoms with Crippen LogP contribution in [0.25, 0.3) is 21.8 Å². The molecule has 20 heavy (non-hydrogen) atoms. The van der Waals surface area contributed by atoms with Crippen molar-refractivity contribution in [2.75, 3.05) is 0 Å². The van der Waals surface area contributed by atoms with Crippen LogP contribution < -0.4 is 0 Å². The van der Waals surface area contributed by atoms with E-state index >= 15 is 0 Å². The van der Waals surface area contributed by atoms with Gasteiger partial charge in [0, 0.05) is 33.4 Å². The topological polar surface area (TPSA) is 70.2 Å². The molecule has 0 aliphatic heterocycles. The molecule has 4 heteroatoms. The van der Waals surface area contributed by atoms with E-state index in [1.165, 1.54) is 0 Å². The summed E-state index contributed by atoms with van der Waals surface area (Å²) in [5, 5.41) is 10.5. The average Bonchev–Trinajstić information content (AvgIpc) is 2.82. The van der Waals surface area contributed by atoms with Crippen molar-refractivity contribution in [3.05, 3.63) is 60.2 Å². The van der Waals surface area contributed by atoms with E-state index in [2.05, 4.69) is 4.98 Å². The highest BCUT2D eigenvalue weighted by atomic mass is 16.4. The highest BCUT2D eigenvalue weighted by molar-refractivity contribution is 6.13. The van der Waals surface area contributed by atoms with Crippen LogP contribution in [0.15, 0.2) is 54.6 Å². The molecule has 2 N–H and O–H groups in total. The van der Waals surface area contributed by atoms with Crippen LogP contribution in [0.2, 0.25) is 0 Å². The first-order chi connectivity index (χ1) is 9.65. The number of carboxylic acid groups (broad SMARTS) is 1. The SMILES string of the molecule is O=C(O)C=CC(=O)c1ccc2[nH]c3ccccc3c2c1. The Morgan fingerprint density at radius 1 is 0.950 bits per heavy atom. The first-order valence-electron chi connectivity index (χ1n) is 6.11. The zero-order chi connectivity index (χ0) is 14.1. The molecule has 0 bridgehead atoms. The molecule has 0 radical (unpaired) electrons. The summed E-state index contributed by atoms with van der Waals surface area (Å²) in [6.07, 6.45) is 1.92. The number of benzene rings is 2. The minimum absolute atomic E-state index is 0.320. The van der Waals surface area contributed by atoms with Crippen molar-refractivity contribution in [1.29, 1.82) is 0 Å². The monoisotopic (exact) mass is 265 g/mol. The van der Waals surface area contributed by atoms with E-state index in [-0.39, 0.29) is 5.78 Å². The molecular formula is C16H11NO3. The molecular weight excluding hydrogens is 254 g/mol. The fraction of sp³-hybridized carbons (Fsp3) is 0. The summed E-state index contributed by atoms with van der Waals surface area (Å²) in [5.74, 6) is -1.45. The number of allylic oxidation sites excluding steroid dienone is 1. The number of aromatic amines is 1. The zero-order valence-electron chi connectivity index (χ0n) is 10.5. The number of carbonyl (C=O) groups is 2. The second kappa shape index (κ2) is 4.66. The normalized spacial score (nSPS) is 11.4. The van der Waals surface area contributed by atoms with Gasteiger partial charge in [0.1, 0.15) is 0 Å². The molecule has 1 aromatic heterocycles. The van der Waals surface area contributed by atoms with E-state index < -0.39 is 5.97 Å². The molecule has 0 fully saturated rings. The third kappa shape index (κ3) is 2.07. The summed E-state index contributed by atoms with van der Waals surface area (Å²) in [6.45, 7) is 0. The summed E-state index contributed by atoms with van der Waals surface area (Å²) in [4.78, 5) is 25.6. The van der Waals surface area contributed by atoms with Crippen LogP contribution in [-0.4, -0.2) is 21.8 Å². The molecule has 0 atom stereocenters. The van der Waals surface area contributed by atoms with Gasteiger partial charge >= 0.3 is 5.97 Å². The van der Waals surface area contributed by atoms with Crippen LogP contribution in [0.4, 0.5) is 0 Å². The van der Waals surface area contributed by atoms with Gasteiger partial charge in [0.25, 0.3) is 0 Å². The first kappa shape index (κ1) is 12.2. The van der Waals surface area contributed by atoms with Gasteiger partial charge in [-0.1, -0.05) is 18.2 Å². The Kier molecular flexibility index (Phi) is 2.84. The van der Waals surface area contributed by atoms with Gasteiger partial charge in [-0.2, -0.15) is 0 Å². The molecule has 0 amide bonds. The average molecular weight is 265 g/mol. The largest absolute Gasteiger partial charge is 0.478 e. The van der Waals surface area contributed by atoms with Crippen LogP contribution in [0.5, 0.6) is 0 Å². The minimum Gasteiger partial charge on any atom is -0.478 e. The number of aliphatic carboxylic acids is 1. The van der Waals surface area contributed by atoms with Crippen LogP contribution in [0.3, 0.4) is 0 Å². The number of para-hydroxylation sites is 1. The fourth-order valence-electron chi connectivity index (χ4n) is 2.24. The number of nitrogens with one attached hydrogen (secondary N) is 1. The number of rotatable bonds is 3. The lowest BCUT2D eigenvalue weighted by molar-refractivity contribution is -0.131. The Labute approximate surface area is 114 Å². The summed E-state index contributed by atoms with van der Waals surface area (Å²) < 4.78 is 0. The maximum Gasteiger partial charge on any atom is 0.328 e. The Morgan fingerprint density at radius 2 is 1.70 bits per heavy atom. The van der Waals surface area contributed by atoms with Crippen molar-refractivity contribution in [3.8, 4) is 0 Å². The molecule has 98 valence electrons. The molecule has 0 saturated heterocycles. The Balaban J connectivity index is 2.12. The maximum absolute atomic E-state index is 11.9. The van der Waals surface area contributed by atoms with Crippen LogP contribution >= 0.6 is 0 Å². The van der Waals surface area contributed by atoms with Crippen LogP contribution in [-0.2, 0) is 4.79 Å². The number of ketones is 1. The lowest BCUT2D eigenvalue weighted by Crippen LogP contribution is -1.96. The third-order valence-corrected chi connectivity index (χ3v) is 3.17. The molecule has 3 aromatic rings.